The summed E-state index contributed by atoms with van der Waals surface area (Å²) in [5, 5.41) is 32.1. The van der Waals surface area contributed by atoms with Crippen molar-refractivity contribution in [2.45, 2.75) is 51.2 Å². The second-order valence-corrected chi connectivity index (χ2v) is 10.6. The number of rotatable bonds is 15. The lowest BCUT2D eigenvalue weighted by molar-refractivity contribution is -0.140. The number of methoxy groups -OCH3 is 2. The number of amides is 2. The minimum absolute atomic E-state index is 0.000624. The number of hydrogen-bond acceptors (Lipinski definition) is 9. The Morgan fingerprint density at radius 3 is 2.59 bits per heavy atom. The highest BCUT2D eigenvalue weighted by atomic mass is 16.5. The Morgan fingerprint density at radius 2 is 1.89 bits per heavy atom. The molecule has 0 spiro atoms. The fourth-order valence-electron chi connectivity index (χ4n) is 5.16. The van der Waals surface area contributed by atoms with Gasteiger partial charge in [0, 0.05) is 61.5 Å². The number of anilines is 2. The molecule has 2 atom stereocenters. The number of allylic oxidation sites excluding steroid dienone is 1. The van der Waals surface area contributed by atoms with Crippen LogP contribution in [-0.2, 0) is 32.9 Å². The lowest BCUT2D eigenvalue weighted by Gasteiger charge is -2.28. The van der Waals surface area contributed by atoms with Gasteiger partial charge in [0.1, 0.15) is 5.75 Å². The zero-order valence-corrected chi connectivity index (χ0v) is 25.2. The van der Waals surface area contributed by atoms with Gasteiger partial charge in [-0.2, -0.15) is 0 Å². The Bertz CT molecular complexity index is 1490. The summed E-state index contributed by atoms with van der Waals surface area (Å²) in [6.07, 6.45) is 7.77. The molecule has 12 nitrogen and oxygen atoms in total. The third-order valence-corrected chi connectivity index (χ3v) is 7.68. The Kier molecular flexibility index (Phi) is 10.9. The lowest BCUT2D eigenvalue weighted by Crippen LogP contribution is -2.44. The first-order valence-corrected chi connectivity index (χ1v) is 14.6. The number of carbonyl (C=O) groups excluding carboxylic acids is 3. The number of carbonyl (C=O) groups is 3. The number of fused-ring (bicyclic) bond motifs is 1. The number of hydrogen-bond donors (Lipinski definition) is 3. The highest BCUT2D eigenvalue weighted by Crippen LogP contribution is 2.46. The van der Waals surface area contributed by atoms with Crippen LogP contribution in [0.4, 0.5) is 11.4 Å². The number of nitrogens with one attached hydrogen (secondary N) is 1. The topological polar surface area (TPSA) is 156 Å². The Balaban J connectivity index is 1.54. The number of aromatic nitrogens is 3. The molecule has 2 amide bonds. The number of esters is 1. The van der Waals surface area contributed by atoms with Crippen LogP contribution in [0.2, 0.25) is 0 Å². The monoisotopic (exact) mass is 605 g/mol. The Hall–Kier alpha value is -4.55. The molecule has 1 aromatic heterocycles. The number of nitrogens with zero attached hydrogens (tertiary/aromatic N) is 4. The van der Waals surface area contributed by atoms with Crippen molar-refractivity contribution in [3.8, 4) is 5.75 Å². The maximum Gasteiger partial charge on any atom is 0.305 e. The Morgan fingerprint density at radius 1 is 1.11 bits per heavy atom. The molecule has 0 saturated carbocycles. The van der Waals surface area contributed by atoms with E-state index in [2.05, 4.69) is 15.6 Å². The summed E-state index contributed by atoms with van der Waals surface area (Å²) < 4.78 is 11.6. The van der Waals surface area contributed by atoms with Gasteiger partial charge in [0.25, 0.3) is 11.8 Å². The van der Waals surface area contributed by atoms with Gasteiger partial charge in [-0.1, -0.05) is 24.3 Å². The van der Waals surface area contributed by atoms with E-state index >= 15 is 0 Å². The largest absolute Gasteiger partial charge is 0.497 e. The molecule has 12 heteroatoms. The van der Waals surface area contributed by atoms with Crippen molar-refractivity contribution >= 4 is 29.2 Å². The van der Waals surface area contributed by atoms with Crippen molar-refractivity contribution in [3.63, 3.8) is 0 Å². The van der Waals surface area contributed by atoms with Gasteiger partial charge in [0.2, 0.25) is 0 Å². The van der Waals surface area contributed by atoms with Crippen LogP contribution in [0.3, 0.4) is 0 Å². The maximum atomic E-state index is 13.9. The minimum Gasteiger partial charge on any atom is -0.497 e. The van der Waals surface area contributed by atoms with Crippen LogP contribution in [0.15, 0.2) is 60.8 Å². The van der Waals surface area contributed by atoms with Gasteiger partial charge in [0.05, 0.1) is 25.6 Å². The highest BCUT2D eigenvalue weighted by Gasteiger charge is 2.52. The molecule has 2 heterocycles. The summed E-state index contributed by atoms with van der Waals surface area (Å²) in [6.45, 7) is 2.62. The first-order chi connectivity index (χ1) is 21.2. The smallest absolute Gasteiger partial charge is 0.305 e. The molecule has 0 unspecified atom stereocenters. The number of unbranched alkanes of at least 4 members (excludes halogenated alkanes) is 1. The zero-order chi connectivity index (χ0) is 31.7. The van der Waals surface area contributed by atoms with Crippen LogP contribution < -0.4 is 15.0 Å². The van der Waals surface area contributed by atoms with E-state index < -0.39 is 17.4 Å². The quantitative estimate of drug-likeness (QED) is 0.134. The number of benzene rings is 2. The van der Waals surface area contributed by atoms with Gasteiger partial charge in [-0.3, -0.25) is 19.1 Å². The van der Waals surface area contributed by atoms with Crippen molar-refractivity contribution in [2.75, 3.05) is 37.6 Å². The number of aliphatic hydroxyl groups excluding tert-OH is 1. The van der Waals surface area contributed by atoms with Gasteiger partial charge < -0.3 is 29.9 Å². The van der Waals surface area contributed by atoms with E-state index in [1.165, 1.54) is 7.11 Å². The normalized spacial score (nSPS) is 16.7. The fraction of sp³-hybridized carbons (Fsp3) is 0.406. The number of aryl methyl sites for hydroxylation is 1. The average Bonchev–Trinajstić information content (AvgIpc) is 3.57. The van der Waals surface area contributed by atoms with E-state index in [0.29, 0.717) is 72.7 Å². The molecule has 4 rings (SSSR count). The molecule has 1 aliphatic rings. The molecule has 2 aromatic carbocycles. The SMILES string of the molecule is COC(=O)CCCCN1C(=O)[C@](O)([C@H](C)/C=C/CCn2cc(CCO)nn2)c2cc(NC(=O)c3ccc(OC)cc3)ccc21. The average molecular weight is 606 g/mol. The van der Waals surface area contributed by atoms with Crippen molar-refractivity contribution in [1.82, 2.24) is 15.0 Å². The molecule has 3 N–H and O–H groups in total. The van der Waals surface area contributed by atoms with E-state index in [-0.39, 0.29) is 24.9 Å². The minimum atomic E-state index is -1.88. The van der Waals surface area contributed by atoms with Crippen molar-refractivity contribution < 1.29 is 34.1 Å². The molecule has 3 aromatic rings. The molecular formula is C32H39N5O7. The van der Waals surface area contributed by atoms with Gasteiger partial charge in [-0.05, 0) is 61.7 Å². The van der Waals surface area contributed by atoms with E-state index in [0.717, 1.165) is 0 Å². The van der Waals surface area contributed by atoms with Gasteiger partial charge in [-0.15, -0.1) is 5.10 Å². The summed E-state index contributed by atoms with van der Waals surface area (Å²) in [5.74, 6) is -1.11. The predicted molar refractivity (Wildman–Crippen MR) is 163 cm³/mol. The van der Waals surface area contributed by atoms with Gasteiger partial charge >= 0.3 is 5.97 Å². The summed E-state index contributed by atoms with van der Waals surface area (Å²) in [6, 6.07) is 11.8. The predicted octanol–water partition coefficient (Wildman–Crippen LogP) is 3.23. The van der Waals surface area contributed by atoms with Crippen LogP contribution >= 0.6 is 0 Å². The van der Waals surface area contributed by atoms with E-state index in [1.54, 1.807) is 78.4 Å². The van der Waals surface area contributed by atoms with Crippen LogP contribution in [0.25, 0.3) is 0 Å². The van der Waals surface area contributed by atoms with Crippen LogP contribution in [0.5, 0.6) is 5.75 Å². The maximum absolute atomic E-state index is 13.9. The van der Waals surface area contributed by atoms with E-state index in [9.17, 15) is 19.5 Å². The summed E-state index contributed by atoms with van der Waals surface area (Å²) in [4.78, 5) is 39.9. The molecule has 0 radical (unpaired) electrons. The summed E-state index contributed by atoms with van der Waals surface area (Å²) in [5.41, 5.74) is 0.633. The van der Waals surface area contributed by atoms with Crippen molar-refractivity contribution in [1.29, 1.82) is 0 Å². The third kappa shape index (κ3) is 7.32. The second kappa shape index (κ2) is 14.8. The Labute approximate surface area is 256 Å². The summed E-state index contributed by atoms with van der Waals surface area (Å²) in [7, 11) is 2.89. The molecule has 0 aliphatic carbocycles. The van der Waals surface area contributed by atoms with E-state index in [4.69, 9.17) is 14.6 Å². The first-order valence-electron chi connectivity index (χ1n) is 14.6. The lowest BCUT2D eigenvalue weighted by atomic mass is 9.82. The van der Waals surface area contributed by atoms with Gasteiger partial charge in [0.15, 0.2) is 5.60 Å². The van der Waals surface area contributed by atoms with Crippen LogP contribution in [0.1, 0.15) is 54.2 Å². The highest BCUT2D eigenvalue weighted by molar-refractivity contribution is 6.09. The molecule has 44 heavy (non-hydrogen) atoms. The van der Waals surface area contributed by atoms with Crippen molar-refractivity contribution in [2.24, 2.45) is 5.92 Å². The fourth-order valence-corrected chi connectivity index (χ4v) is 5.16. The standard InChI is InChI=1S/C32H39N5O7/c1-22(8-4-6-17-36-21-25(16-19-38)34-35-36)32(42)27-20-24(33-30(40)23-10-13-26(43-2)14-11-23)12-15-28(27)37(31(32)41)18-7-5-9-29(39)44-3/h4,8,10-15,20-22,38,42H,5-7,9,16-19H2,1-3H3,(H,33,40)/b8-4+/t22-,32+/m1/s1. The molecular weight excluding hydrogens is 566 g/mol. The molecule has 0 bridgehead atoms. The van der Waals surface area contributed by atoms with Crippen LogP contribution in [0, 0.1) is 5.92 Å². The first kappa shape index (κ1) is 32.4. The van der Waals surface area contributed by atoms with E-state index in [1.807, 2.05) is 6.08 Å². The molecule has 1 aliphatic heterocycles. The van der Waals surface area contributed by atoms with Gasteiger partial charge in [-0.25, -0.2) is 0 Å². The number of aliphatic hydroxyl groups is 2. The van der Waals surface area contributed by atoms with Crippen molar-refractivity contribution in [3.05, 3.63) is 77.6 Å². The van der Waals surface area contributed by atoms with Crippen LogP contribution in [-0.4, -0.2) is 70.4 Å². The molecule has 234 valence electrons. The second-order valence-electron chi connectivity index (χ2n) is 10.6. The summed E-state index contributed by atoms with van der Waals surface area (Å²) >= 11 is 0. The number of ether oxygens (including phenoxy) is 2. The molecule has 0 saturated heterocycles. The molecule has 0 fully saturated rings. The third-order valence-electron chi connectivity index (χ3n) is 7.68. The zero-order valence-electron chi connectivity index (χ0n) is 25.2.